The van der Waals surface area contributed by atoms with Gasteiger partial charge in [-0.25, -0.2) is 0 Å². The molecule has 0 saturated carbocycles. The molecule has 2 saturated heterocycles. The van der Waals surface area contributed by atoms with Crippen LogP contribution in [-0.2, 0) is 16.0 Å². The highest BCUT2D eigenvalue weighted by atomic mass is 35.5. The number of piperidine rings is 1. The van der Waals surface area contributed by atoms with Gasteiger partial charge in [-0.1, -0.05) is 12.1 Å². The van der Waals surface area contributed by atoms with Gasteiger partial charge in [0.15, 0.2) is 0 Å². The Morgan fingerprint density at radius 1 is 1.18 bits per heavy atom. The van der Waals surface area contributed by atoms with Crippen LogP contribution in [0.2, 0.25) is 0 Å². The van der Waals surface area contributed by atoms with Crippen LogP contribution in [0, 0.1) is 11.8 Å². The molecule has 2 fully saturated rings. The molecule has 1 atom stereocenters. The Kier molecular flexibility index (Phi) is 9.56. The van der Waals surface area contributed by atoms with Crippen LogP contribution in [0.15, 0.2) is 24.3 Å². The molecule has 6 heteroatoms. The normalized spacial score (nSPS) is 19.7. The molecule has 0 aromatic heterocycles. The van der Waals surface area contributed by atoms with Crippen molar-refractivity contribution in [2.45, 2.75) is 51.5 Å². The van der Waals surface area contributed by atoms with Crippen molar-refractivity contribution in [1.82, 2.24) is 4.90 Å². The topological polar surface area (TPSA) is 64.8 Å². The Balaban J connectivity index is 0.00000280. The van der Waals surface area contributed by atoms with Crippen molar-refractivity contribution in [2.75, 3.05) is 32.9 Å². The van der Waals surface area contributed by atoms with Crippen LogP contribution < -0.4 is 10.5 Å². The summed E-state index contributed by atoms with van der Waals surface area (Å²) in [6.07, 6.45) is 6.26. The predicted octanol–water partition coefficient (Wildman–Crippen LogP) is 3.43. The number of ether oxygens (including phenoxy) is 2. The molecule has 1 unspecified atom stereocenters. The molecule has 5 nitrogen and oxygen atoms in total. The van der Waals surface area contributed by atoms with E-state index in [4.69, 9.17) is 15.2 Å². The number of rotatable bonds is 7. The molecule has 1 aromatic carbocycles. The number of aryl methyl sites for hydroxylation is 1. The summed E-state index contributed by atoms with van der Waals surface area (Å²) < 4.78 is 10.9. The fraction of sp³-hybridized carbons (Fsp3) is 0.682. The minimum absolute atomic E-state index is 0. The largest absolute Gasteiger partial charge is 0.494 e. The maximum absolute atomic E-state index is 12.7. The summed E-state index contributed by atoms with van der Waals surface area (Å²) in [6, 6.07) is 8.08. The van der Waals surface area contributed by atoms with Crippen LogP contribution in [0.25, 0.3) is 0 Å². The highest BCUT2D eigenvalue weighted by Gasteiger charge is 2.31. The Bertz CT molecular complexity index is 582. The minimum atomic E-state index is -0.352. The molecule has 158 valence electrons. The number of likely N-dealkylation sites (tertiary alicyclic amines) is 1. The predicted molar refractivity (Wildman–Crippen MR) is 114 cm³/mol. The summed E-state index contributed by atoms with van der Waals surface area (Å²) in [5.74, 6) is 2.06. The summed E-state index contributed by atoms with van der Waals surface area (Å²) in [4.78, 5) is 14.7. The fourth-order valence-corrected chi connectivity index (χ4v) is 4.22. The van der Waals surface area contributed by atoms with Gasteiger partial charge in [0.1, 0.15) is 5.75 Å². The lowest BCUT2D eigenvalue weighted by atomic mass is 9.88. The highest BCUT2D eigenvalue weighted by Crippen LogP contribution is 2.25. The molecule has 1 aromatic rings. The van der Waals surface area contributed by atoms with Crippen molar-refractivity contribution in [1.29, 1.82) is 0 Å². The van der Waals surface area contributed by atoms with Crippen LogP contribution in [0.3, 0.4) is 0 Å². The smallest absolute Gasteiger partial charge is 0.239 e. The molecule has 3 rings (SSSR count). The molecule has 0 spiro atoms. The standard InChI is InChI=1S/C22H34N2O3.ClH/c1-2-27-20-7-5-17(6-8-20)3-4-18-9-13-24(14-10-18)22(25)21(23)19-11-15-26-16-12-19;/h5-8,18-19,21H,2-4,9-16,23H2,1H3;1H. The van der Waals surface area contributed by atoms with Crippen molar-refractivity contribution >= 4 is 18.3 Å². The summed E-state index contributed by atoms with van der Waals surface area (Å²) >= 11 is 0. The third-order valence-electron chi connectivity index (χ3n) is 6.06. The molecule has 0 aliphatic carbocycles. The van der Waals surface area contributed by atoms with E-state index in [1.807, 2.05) is 11.8 Å². The highest BCUT2D eigenvalue weighted by molar-refractivity contribution is 5.85. The van der Waals surface area contributed by atoms with Crippen LogP contribution >= 0.6 is 12.4 Å². The van der Waals surface area contributed by atoms with Crippen molar-refractivity contribution in [3.8, 4) is 5.75 Å². The second-order valence-electron chi connectivity index (χ2n) is 7.86. The number of amides is 1. The molecule has 2 N–H and O–H groups in total. The second-order valence-corrected chi connectivity index (χ2v) is 7.86. The van der Waals surface area contributed by atoms with Crippen molar-refractivity contribution in [3.63, 3.8) is 0 Å². The van der Waals surface area contributed by atoms with Gasteiger partial charge in [0, 0.05) is 26.3 Å². The van der Waals surface area contributed by atoms with E-state index in [2.05, 4.69) is 24.3 Å². The zero-order valence-corrected chi connectivity index (χ0v) is 17.8. The maximum Gasteiger partial charge on any atom is 0.239 e. The van der Waals surface area contributed by atoms with Gasteiger partial charge in [-0.3, -0.25) is 4.79 Å². The van der Waals surface area contributed by atoms with E-state index in [-0.39, 0.29) is 30.3 Å². The number of nitrogens with zero attached hydrogens (tertiary/aromatic N) is 1. The number of hydrogen-bond donors (Lipinski definition) is 1. The number of carbonyl (C=O) groups excluding carboxylic acids is 1. The first-order chi connectivity index (χ1) is 13.2. The Morgan fingerprint density at radius 2 is 1.82 bits per heavy atom. The summed E-state index contributed by atoms with van der Waals surface area (Å²) in [7, 11) is 0. The third kappa shape index (κ3) is 6.36. The van der Waals surface area contributed by atoms with E-state index in [1.165, 1.54) is 12.0 Å². The summed E-state index contributed by atoms with van der Waals surface area (Å²) in [5, 5.41) is 0. The number of nitrogens with two attached hydrogens (primary N) is 1. The summed E-state index contributed by atoms with van der Waals surface area (Å²) in [5.41, 5.74) is 7.63. The van der Waals surface area contributed by atoms with Crippen LogP contribution in [0.1, 0.15) is 44.6 Å². The van der Waals surface area contributed by atoms with E-state index in [1.54, 1.807) is 0 Å². The minimum Gasteiger partial charge on any atom is -0.494 e. The lowest BCUT2D eigenvalue weighted by molar-refractivity contribution is -0.136. The number of hydrogen-bond acceptors (Lipinski definition) is 4. The molecule has 0 radical (unpaired) electrons. The van der Waals surface area contributed by atoms with Gasteiger partial charge in [-0.05, 0) is 75.0 Å². The average molecular weight is 411 g/mol. The van der Waals surface area contributed by atoms with Gasteiger partial charge in [0.25, 0.3) is 0 Å². The van der Waals surface area contributed by atoms with Crippen LogP contribution in [0.5, 0.6) is 5.75 Å². The lowest BCUT2D eigenvalue weighted by Crippen LogP contribution is -2.51. The first kappa shape index (κ1) is 23.0. The molecule has 1 amide bonds. The quantitative estimate of drug-likeness (QED) is 0.747. The maximum atomic E-state index is 12.7. The zero-order valence-electron chi connectivity index (χ0n) is 17.0. The fourth-order valence-electron chi connectivity index (χ4n) is 4.22. The monoisotopic (exact) mass is 410 g/mol. The van der Waals surface area contributed by atoms with Crippen molar-refractivity contribution < 1.29 is 14.3 Å². The first-order valence-corrected chi connectivity index (χ1v) is 10.5. The third-order valence-corrected chi connectivity index (χ3v) is 6.06. The van der Waals surface area contributed by atoms with E-state index in [0.717, 1.165) is 64.2 Å². The molecule has 0 bridgehead atoms. The van der Waals surface area contributed by atoms with Gasteiger partial charge in [0.2, 0.25) is 5.91 Å². The Labute approximate surface area is 175 Å². The number of carbonyl (C=O) groups is 1. The van der Waals surface area contributed by atoms with E-state index in [0.29, 0.717) is 12.5 Å². The van der Waals surface area contributed by atoms with Gasteiger partial charge >= 0.3 is 0 Å². The Hall–Kier alpha value is -1.30. The molecular weight excluding hydrogens is 376 g/mol. The number of halogens is 1. The zero-order chi connectivity index (χ0) is 19.1. The second kappa shape index (κ2) is 11.6. The van der Waals surface area contributed by atoms with E-state index >= 15 is 0 Å². The lowest BCUT2D eigenvalue weighted by Gasteiger charge is -2.36. The van der Waals surface area contributed by atoms with Crippen molar-refractivity contribution in [3.05, 3.63) is 29.8 Å². The molecular formula is C22H35ClN2O3. The van der Waals surface area contributed by atoms with Crippen molar-refractivity contribution in [2.24, 2.45) is 17.6 Å². The van der Waals surface area contributed by atoms with Gasteiger partial charge in [0.05, 0.1) is 12.6 Å². The van der Waals surface area contributed by atoms with Crippen LogP contribution in [-0.4, -0.2) is 49.8 Å². The SMILES string of the molecule is CCOc1ccc(CCC2CCN(C(=O)C(N)C3CCOCC3)CC2)cc1.Cl. The van der Waals surface area contributed by atoms with Gasteiger partial charge < -0.3 is 20.1 Å². The van der Waals surface area contributed by atoms with Gasteiger partial charge in [-0.15, -0.1) is 12.4 Å². The molecule has 2 heterocycles. The Morgan fingerprint density at radius 3 is 2.43 bits per heavy atom. The first-order valence-electron chi connectivity index (χ1n) is 10.5. The van der Waals surface area contributed by atoms with Gasteiger partial charge in [-0.2, -0.15) is 0 Å². The number of benzene rings is 1. The van der Waals surface area contributed by atoms with Crippen LogP contribution in [0.4, 0.5) is 0 Å². The van der Waals surface area contributed by atoms with E-state index < -0.39 is 0 Å². The average Bonchev–Trinajstić information content (AvgIpc) is 2.73. The molecule has 2 aliphatic rings. The molecule has 28 heavy (non-hydrogen) atoms. The summed E-state index contributed by atoms with van der Waals surface area (Å²) in [6.45, 7) is 5.88. The molecule has 2 aliphatic heterocycles. The van der Waals surface area contributed by atoms with E-state index in [9.17, 15) is 4.79 Å².